The van der Waals surface area contributed by atoms with Gasteiger partial charge in [0.15, 0.2) is 0 Å². The summed E-state index contributed by atoms with van der Waals surface area (Å²) >= 11 is 0. The molecule has 1 amide bonds. The van der Waals surface area contributed by atoms with Crippen LogP contribution in [0.2, 0.25) is 0 Å². The third kappa shape index (κ3) is 3.41. The lowest BCUT2D eigenvalue weighted by Gasteiger charge is -2.32. The zero-order chi connectivity index (χ0) is 13.7. The van der Waals surface area contributed by atoms with E-state index in [-0.39, 0.29) is 17.6 Å². The largest absolute Gasteiger partial charge is 0.372 e. The van der Waals surface area contributed by atoms with Crippen molar-refractivity contribution in [2.24, 2.45) is 0 Å². The number of carbonyl (C=O) groups is 1. The molecule has 19 heavy (non-hydrogen) atoms. The van der Waals surface area contributed by atoms with E-state index in [1.807, 2.05) is 0 Å². The van der Waals surface area contributed by atoms with Crippen LogP contribution in [0.5, 0.6) is 0 Å². The van der Waals surface area contributed by atoms with Gasteiger partial charge in [0.1, 0.15) is 5.82 Å². The second-order valence-corrected chi connectivity index (χ2v) is 4.62. The lowest BCUT2D eigenvalue weighted by atomic mass is 10.1. The van der Waals surface area contributed by atoms with E-state index in [1.165, 1.54) is 12.1 Å². The molecule has 0 N–H and O–H groups in total. The van der Waals surface area contributed by atoms with E-state index in [0.717, 1.165) is 12.8 Å². The molecule has 1 fully saturated rings. The molecule has 3 nitrogen and oxygen atoms in total. The minimum atomic E-state index is -0.471. The van der Waals surface area contributed by atoms with Gasteiger partial charge in [-0.25, -0.2) is 4.39 Å². The van der Waals surface area contributed by atoms with E-state index in [4.69, 9.17) is 4.74 Å². The number of piperidine rings is 1. The van der Waals surface area contributed by atoms with Crippen LogP contribution in [-0.2, 0) is 4.74 Å². The van der Waals surface area contributed by atoms with Crippen LogP contribution in [0.25, 0.3) is 0 Å². The van der Waals surface area contributed by atoms with Gasteiger partial charge in [0.25, 0.3) is 5.91 Å². The van der Waals surface area contributed by atoms with Crippen molar-refractivity contribution in [2.75, 3.05) is 19.7 Å². The fraction of sp³-hybridized carbons (Fsp3) is 0.400. The SMILES string of the molecule is C=CCOC1CCCN(C(=O)c2ccccc2F)C1. The number of benzene rings is 1. The van der Waals surface area contributed by atoms with Gasteiger partial charge in [0, 0.05) is 13.1 Å². The summed E-state index contributed by atoms with van der Waals surface area (Å²) in [6.45, 7) is 5.25. The van der Waals surface area contributed by atoms with Crippen molar-refractivity contribution >= 4 is 5.91 Å². The van der Waals surface area contributed by atoms with Gasteiger partial charge >= 0.3 is 0 Å². The monoisotopic (exact) mass is 263 g/mol. The number of nitrogens with zero attached hydrogens (tertiary/aromatic N) is 1. The van der Waals surface area contributed by atoms with Gasteiger partial charge in [0.05, 0.1) is 18.3 Å². The number of hydrogen-bond acceptors (Lipinski definition) is 2. The summed E-state index contributed by atoms with van der Waals surface area (Å²) in [5.74, 6) is -0.730. The molecule has 0 spiro atoms. The Morgan fingerprint density at radius 3 is 3.05 bits per heavy atom. The number of rotatable bonds is 4. The predicted octanol–water partition coefficient (Wildman–Crippen LogP) is 2.63. The zero-order valence-corrected chi connectivity index (χ0v) is 10.8. The molecule has 102 valence electrons. The molecule has 0 saturated carbocycles. The highest BCUT2D eigenvalue weighted by molar-refractivity contribution is 5.94. The normalized spacial score (nSPS) is 19.2. The Morgan fingerprint density at radius 2 is 2.32 bits per heavy atom. The third-order valence-electron chi connectivity index (χ3n) is 3.22. The van der Waals surface area contributed by atoms with E-state index in [1.54, 1.807) is 23.1 Å². The first kappa shape index (κ1) is 13.7. The van der Waals surface area contributed by atoms with Crippen molar-refractivity contribution in [3.8, 4) is 0 Å². The minimum absolute atomic E-state index is 0.0162. The molecule has 1 aromatic rings. The van der Waals surface area contributed by atoms with Crippen LogP contribution < -0.4 is 0 Å². The van der Waals surface area contributed by atoms with Crippen molar-refractivity contribution in [3.05, 3.63) is 48.3 Å². The molecule has 1 heterocycles. The Kier molecular flexibility index (Phi) is 4.68. The van der Waals surface area contributed by atoms with Crippen molar-refractivity contribution < 1.29 is 13.9 Å². The molecule has 1 aliphatic heterocycles. The maximum absolute atomic E-state index is 13.6. The minimum Gasteiger partial charge on any atom is -0.372 e. The van der Waals surface area contributed by atoms with Crippen LogP contribution in [0.1, 0.15) is 23.2 Å². The average Bonchev–Trinajstić information content (AvgIpc) is 2.45. The first-order valence-corrected chi connectivity index (χ1v) is 6.48. The second-order valence-electron chi connectivity index (χ2n) is 4.62. The van der Waals surface area contributed by atoms with Gasteiger partial charge in [-0.15, -0.1) is 6.58 Å². The maximum Gasteiger partial charge on any atom is 0.256 e. The second kappa shape index (κ2) is 6.48. The van der Waals surface area contributed by atoms with E-state index < -0.39 is 5.82 Å². The molecule has 0 radical (unpaired) electrons. The summed E-state index contributed by atoms with van der Waals surface area (Å²) in [6, 6.07) is 6.08. The van der Waals surface area contributed by atoms with Gasteiger partial charge in [-0.1, -0.05) is 18.2 Å². The molecule has 0 bridgehead atoms. The van der Waals surface area contributed by atoms with Gasteiger partial charge in [-0.3, -0.25) is 4.79 Å². The number of ether oxygens (including phenoxy) is 1. The van der Waals surface area contributed by atoms with E-state index >= 15 is 0 Å². The van der Waals surface area contributed by atoms with Crippen LogP contribution in [0.3, 0.4) is 0 Å². The topological polar surface area (TPSA) is 29.5 Å². The molecular formula is C15H18FNO2. The zero-order valence-electron chi connectivity index (χ0n) is 10.8. The lowest BCUT2D eigenvalue weighted by molar-refractivity contribution is 0.0132. The predicted molar refractivity (Wildman–Crippen MR) is 71.5 cm³/mol. The first-order chi connectivity index (χ1) is 9.22. The van der Waals surface area contributed by atoms with Crippen LogP contribution in [0.4, 0.5) is 4.39 Å². The Balaban J connectivity index is 2.03. The van der Waals surface area contributed by atoms with Crippen molar-refractivity contribution in [2.45, 2.75) is 18.9 Å². The Labute approximate surface area is 112 Å². The van der Waals surface area contributed by atoms with Gasteiger partial charge in [0.2, 0.25) is 0 Å². The number of halogens is 1. The molecule has 1 unspecified atom stereocenters. The Morgan fingerprint density at radius 1 is 1.53 bits per heavy atom. The summed E-state index contributed by atoms with van der Waals surface area (Å²) in [7, 11) is 0. The van der Waals surface area contributed by atoms with Gasteiger partial charge < -0.3 is 9.64 Å². The highest BCUT2D eigenvalue weighted by Gasteiger charge is 2.26. The van der Waals surface area contributed by atoms with Crippen LogP contribution in [0.15, 0.2) is 36.9 Å². The molecule has 4 heteroatoms. The van der Waals surface area contributed by atoms with Crippen LogP contribution >= 0.6 is 0 Å². The maximum atomic E-state index is 13.6. The van der Waals surface area contributed by atoms with Crippen LogP contribution in [0, 0.1) is 5.82 Å². The molecule has 1 saturated heterocycles. The van der Waals surface area contributed by atoms with Crippen LogP contribution in [-0.4, -0.2) is 36.6 Å². The number of hydrogen-bond donors (Lipinski definition) is 0. The van der Waals surface area contributed by atoms with E-state index in [0.29, 0.717) is 19.7 Å². The summed E-state index contributed by atoms with van der Waals surface area (Å²) in [5, 5.41) is 0. The number of likely N-dealkylation sites (tertiary alicyclic amines) is 1. The lowest BCUT2D eigenvalue weighted by Crippen LogP contribution is -2.43. The van der Waals surface area contributed by atoms with E-state index in [2.05, 4.69) is 6.58 Å². The summed E-state index contributed by atoms with van der Waals surface area (Å²) in [4.78, 5) is 13.9. The third-order valence-corrected chi connectivity index (χ3v) is 3.22. The first-order valence-electron chi connectivity index (χ1n) is 6.48. The smallest absolute Gasteiger partial charge is 0.256 e. The molecule has 1 atom stereocenters. The number of amides is 1. The fourth-order valence-corrected chi connectivity index (χ4v) is 2.27. The molecular weight excluding hydrogens is 245 g/mol. The Hall–Kier alpha value is -1.68. The molecule has 1 aliphatic rings. The highest BCUT2D eigenvalue weighted by atomic mass is 19.1. The molecule has 1 aromatic carbocycles. The van der Waals surface area contributed by atoms with Crippen molar-refractivity contribution in [1.82, 2.24) is 4.90 Å². The highest BCUT2D eigenvalue weighted by Crippen LogP contribution is 2.17. The van der Waals surface area contributed by atoms with Gasteiger partial charge in [-0.05, 0) is 25.0 Å². The standard InChI is InChI=1S/C15H18FNO2/c1-2-10-19-12-6-5-9-17(11-12)15(18)13-7-3-4-8-14(13)16/h2-4,7-8,12H,1,5-6,9-11H2. The van der Waals surface area contributed by atoms with E-state index in [9.17, 15) is 9.18 Å². The quantitative estimate of drug-likeness (QED) is 0.782. The summed E-state index contributed by atoms with van der Waals surface area (Å²) in [6.07, 6.45) is 3.51. The molecule has 2 rings (SSSR count). The van der Waals surface area contributed by atoms with Gasteiger partial charge in [-0.2, -0.15) is 0 Å². The summed E-state index contributed by atoms with van der Waals surface area (Å²) in [5.41, 5.74) is 0.131. The molecule has 0 aliphatic carbocycles. The molecule has 0 aromatic heterocycles. The Bertz CT molecular complexity index is 461. The van der Waals surface area contributed by atoms with Crippen molar-refractivity contribution in [3.63, 3.8) is 0 Å². The van der Waals surface area contributed by atoms with Crippen molar-refractivity contribution in [1.29, 1.82) is 0 Å². The fourth-order valence-electron chi connectivity index (χ4n) is 2.27. The number of carbonyl (C=O) groups excluding carboxylic acids is 1. The average molecular weight is 263 g/mol. The summed E-state index contributed by atoms with van der Waals surface area (Å²) < 4.78 is 19.2.